The Morgan fingerprint density at radius 1 is 1.10 bits per heavy atom. The van der Waals surface area contributed by atoms with Crippen molar-refractivity contribution < 1.29 is 23.9 Å². The maximum Gasteiger partial charge on any atom is 0.356 e. The van der Waals surface area contributed by atoms with Crippen LogP contribution in [0.1, 0.15) is 31.3 Å². The van der Waals surface area contributed by atoms with Gasteiger partial charge in [0.1, 0.15) is 11.5 Å². The van der Waals surface area contributed by atoms with Gasteiger partial charge in [-0.1, -0.05) is 23.7 Å². The van der Waals surface area contributed by atoms with Crippen molar-refractivity contribution in [1.82, 2.24) is 9.55 Å². The minimum absolute atomic E-state index is 0.0702. The van der Waals surface area contributed by atoms with E-state index in [4.69, 9.17) is 16.7 Å². The summed E-state index contributed by atoms with van der Waals surface area (Å²) in [4.78, 5) is 39.4. The number of carboxylic acids is 1. The highest BCUT2D eigenvalue weighted by molar-refractivity contribution is 6.34. The standard InChI is InChI=1S/C19H14ClFN4O4/c1-25-9-22-15(19(28)29)16(25)18(27)23-10-6-7-14(13(21)8-10)24-17(26)11-4-2-3-5-12(11)20/h2-9H,1H3,(H,23,27)(H,24,26)(H,28,29). The van der Waals surface area contributed by atoms with Crippen LogP contribution < -0.4 is 10.6 Å². The normalized spacial score (nSPS) is 10.4. The molecule has 1 aromatic heterocycles. The van der Waals surface area contributed by atoms with Crippen LogP contribution in [-0.2, 0) is 7.05 Å². The van der Waals surface area contributed by atoms with Crippen LogP contribution in [0, 0.1) is 5.82 Å². The predicted molar refractivity (Wildman–Crippen MR) is 104 cm³/mol. The first-order valence-corrected chi connectivity index (χ1v) is 8.57. The Morgan fingerprint density at radius 2 is 1.83 bits per heavy atom. The fourth-order valence-electron chi connectivity index (χ4n) is 2.57. The first kappa shape index (κ1) is 20.0. The summed E-state index contributed by atoms with van der Waals surface area (Å²) in [6.07, 6.45) is 1.19. The van der Waals surface area contributed by atoms with Crippen molar-refractivity contribution in [2.24, 2.45) is 7.05 Å². The van der Waals surface area contributed by atoms with Gasteiger partial charge in [-0.2, -0.15) is 0 Å². The summed E-state index contributed by atoms with van der Waals surface area (Å²) in [5.74, 6) is -3.52. The number of carboxylic acid groups (broad SMARTS) is 1. The second-order valence-corrected chi connectivity index (χ2v) is 6.35. The van der Waals surface area contributed by atoms with E-state index >= 15 is 0 Å². The van der Waals surface area contributed by atoms with E-state index in [0.717, 1.165) is 6.07 Å². The lowest BCUT2D eigenvalue weighted by Gasteiger charge is -2.10. The minimum Gasteiger partial charge on any atom is -0.476 e. The zero-order valence-electron chi connectivity index (χ0n) is 14.9. The molecule has 1 heterocycles. The smallest absolute Gasteiger partial charge is 0.356 e. The van der Waals surface area contributed by atoms with Gasteiger partial charge in [0, 0.05) is 12.7 Å². The Balaban J connectivity index is 1.77. The summed E-state index contributed by atoms with van der Waals surface area (Å²) in [7, 11) is 1.46. The van der Waals surface area contributed by atoms with Crippen LogP contribution >= 0.6 is 11.6 Å². The fraction of sp³-hybridized carbons (Fsp3) is 0.0526. The van der Waals surface area contributed by atoms with Crippen molar-refractivity contribution in [1.29, 1.82) is 0 Å². The molecule has 29 heavy (non-hydrogen) atoms. The molecule has 0 radical (unpaired) electrons. The summed E-state index contributed by atoms with van der Waals surface area (Å²) < 4.78 is 15.6. The second kappa shape index (κ2) is 8.11. The molecule has 0 saturated carbocycles. The van der Waals surface area contributed by atoms with Gasteiger partial charge in [-0.15, -0.1) is 0 Å². The lowest BCUT2D eigenvalue weighted by Crippen LogP contribution is -2.19. The summed E-state index contributed by atoms with van der Waals surface area (Å²) in [6, 6.07) is 9.94. The van der Waals surface area contributed by atoms with Crippen molar-refractivity contribution >= 4 is 40.8 Å². The number of amides is 2. The van der Waals surface area contributed by atoms with E-state index in [2.05, 4.69) is 15.6 Å². The highest BCUT2D eigenvalue weighted by Crippen LogP contribution is 2.22. The van der Waals surface area contributed by atoms with Gasteiger partial charge in [0.15, 0.2) is 5.69 Å². The Labute approximate surface area is 168 Å². The zero-order valence-corrected chi connectivity index (χ0v) is 15.7. The predicted octanol–water partition coefficient (Wildman–Crippen LogP) is 3.42. The van der Waals surface area contributed by atoms with Crippen molar-refractivity contribution in [3.05, 3.63) is 76.6 Å². The molecule has 0 atom stereocenters. The van der Waals surface area contributed by atoms with Crippen molar-refractivity contribution in [2.45, 2.75) is 0 Å². The third kappa shape index (κ3) is 4.25. The number of anilines is 2. The van der Waals surface area contributed by atoms with Gasteiger partial charge in [0.05, 0.1) is 22.6 Å². The molecule has 8 nitrogen and oxygen atoms in total. The molecule has 2 amide bonds. The number of carbonyl (C=O) groups is 3. The number of nitrogens with one attached hydrogen (secondary N) is 2. The van der Waals surface area contributed by atoms with E-state index in [0.29, 0.717) is 0 Å². The summed E-state index contributed by atoms with van der Waals surface area (Å²) in [6.45, 7) is 0. The monoisotopic (exact) mass is 416 g/mol. The highest BCUT2D eigenvalue weighted by Gasteiger charge is 2.22. The van der Waals surface area contributed by atoms with Crippen molar-refractivity contribution in [2.75, 3.05) is 10.6 Å². The van der Waals surface area contributed by atoms with Gasteiger partial charge in [0.2, 0.25) is 0 Å². The van der Waals surface area contributed by atoms with Crippen LogP contribution in [0.5, 0.6) is 0 Å². The van der Waals surface area contributed by atoms with Gasteiger partial charge in [-0.3, -0.25) is 9.59 Å². The number of aromatic nitrogens is 2. The van der Waals surface area contributed by atoms with Gasteiger partial charge < -0.3 is 20.3 Å². The fourth-order valence-corrected chi connectivity index (χ4v) is 2.80. The molecular weight excluding hydrogens is 403 g/mol. The topological polar surface area (TPSA) is 113 Å². The van der Waals surface area contributed by atoms with E-state index in [1.807, 2.05) is 0 Å². The molecule has 0 spiro atoms. The Kier molecular flexibility index (Phi) is 5.60. The van der Waals surface area contributed by atoms with E-state index in [1.54, 1.807) is 12.1 Å². The number of nitrogens with zero attached hydrogens (tertiary/aromatic N) is 2. The lowest BCUT2D eigenvalue weighted by molar-refractivity contribution is 0.0686. The van der Waals surface area contributed by atoms with Crippen LogP contribution in [0.15, 0.2) is 48.8 Å². The number of hydrogen-bond acceptors (Lipinski definition) is 4. The molecule has 3 rings (SSSR count). The van der Waals surface area contributed by atoms with Crippen LogP contribution in [0.3, 0.4) is 0 Å². The molecule has 3 N–H and O–H groups in total. The second-order valence-electron chi connectivity index (χ2n) is 5.94. The molecule has 3 aromatic rings. The minimum atomic E-state index is -1.36. The maximum atomic E-state index is 14.4. The zero-order chi connectivity index (χ0) is 21.1. The van der Waals surface area contributed by atoms with Crippen molar-refractivity contribution in [3.8, 4) is 0 Å². The van der Waals surface area contributed by atoms with Gasteiger partial charge >= 0.3 is 5.97 Å². The molecule has 0 unspecified atom stereocenters. The van der Waals surface area contributed by atoms with E-state index in [1.165, 1.54) is 42.2 Å². The SMILES string of the molecule is Cn1cnc(C(=O)O)c1C(=O)Nc1ccc(NC(=O)c2ccccc2Cl)c(F)c1. The Bertz CT molecular complexity index is 1130. The molecule has 10 heteroatoms. The largest absolute Gasteiger partial charge is 0.476 e. The third-order valence-corrected chi connectivity index (χ3v) is 4.28. The number of halogens is 2. The highest BCUT2D eigenvalue weighted by atomic mass is 35.5. The molecule has 148 valence electrons. The molecule has 0 aliphatic rings. The number of aryl methyl sites for hydroxylation is 1. The molecule has 0 aliphatic heterocycles. The molecule has 2 aromatic carbocycles. The van der Waals surface area contributed by atoms with E-state index < -0.39 is 29.3 Å². The number of rotatable bonds is 5. The van der Waals surface area contributed by atoms with Crippen LogP contribution in [-0.4, -0.2) is 32.4 Å². The molecular formula is C19H14ClFN4O4. The van der Waals surface area contributed by atoms with E-state index in [9.17, 15) is 18.8 Å². The number of carbonyl (C=O) groups excluding carboxylic acids is 2. The quantitative estimate of drug-likeness (QED) is 0.589. The summed E-state index contributed by atoms with van der Waals surface area (Å²) in [5, 5.41) is 14.1. The maximum absolute atomic E-state index is 14.4. The number of benzene rings is 2. The molecule has 0 saturated heterocycles. The average Bonchev–Trinajstić information content (AvgIpc) is 3.06. The van der Waals surface area contributed by atoms with Gasteiger partial charge in [0.25, 0.3) is 11.8 Å². The molecule has 0 fully saturated rings. The Morgan fingerprint density at radius 3 is 2.48 bits per heavy atom. The van der Waals surface area contributed by atoms with Gasteiger partial charge in [-0.25, -0.2) is 14.2 Å². The average molecular weight is 417 g/mol. The van der Waals surface area contributed by atoms with Gasteiger partial charge in [-0.05, 0) is 30.3 Å². The first-order valence-electron chi connectivity index (χ1n) is 8.19. The Hall–Kier alpha value is -3.72. The number of imidazole rings is 1. The van der Waals surface area contributed by atoms with E-state index in [-0.39, 0.29) is 27.7 Å². The van der Waals surface area contributed by atoms with Crippen LogP contribution in [0.2, 0.25) is 5.02 Å². The number of hydrogen-bond donors (Lipinski definition) is 3. The van der Waals surface area contributed by atoms with Crippen molar-refractivity contribution in [3.63, 3.8) is 0 Å². The lowest BCUT2D eigenvalue weighted by atomic mass is 10.2. The summed E-state index contributed by atoms with van der Waals surface area (Å²) in [5.41, 5.74) is -0.466. The molecule has 0 aliphatic carbocycles. The third-order valence-electron chi connectivity index (χ3n) is 3.95. The number of aromatic carboxylic acids is 1. The molecule has 0 bridgehead atoms. The van der Waals surface area contributed by atoms with Crippen LogP contribution in [0.25, 0.3) is 0 Å². The van der Waals surface area contributed by atoms with Crippen LogP contribution in [0.4, 0.5) is 15.8 Å². The summed E-state index contributed by atoms with van der Waals surface area (Å²) >= 11 is 5.95. The first-order chi connectivity index (χ1) is 13.8.